The van der Waals surface area contributed by atoms with E-state index in [2.05, 4.69) is 27.3 Å². The second-order valence-corrected chi connectivity index (χ2v) is 5.70. The van der Waals surface area contributed by atoms with Gasteiger partial charge in [0, 0.05) is 29.2 Å². The second kappa shape index (κ2) is 8.06. The molecule has 0 heterocycles. The molecular formula is C17H20BrNO3. The van der Waals surface area contributed by atoms with Crippen molar-refractivity contribution in [2.75, 3.05) is 21.3 Å². The minimum absolute atomic E-state index is 0.710. The molecule has 1 N–H and O–H groups in total. The first-order chi connectivity index (χ1) is 10.7. The molecule has 0 aromatic heterocycles. The van der Waals surface area contributed by atoms with Crippen molar-refractivity contribution in [3.8, 4) is 17.2 Å². The minimum Gasteiger partial charge on any atom is -0.497 e. The smallest absolute Gasteiger partial charge is 0.123 e. The van der Waals surface area contributed by atoms with Crippen LogP contribution in [0.5, 0.6) is 17.2 Å². The summed E-state index contributed by atoms with van der Waals surface area (Å²) in [6.45, 7) is 1.42. The van der Waals surface area contributed by atoms with Crippen molar-refractivity contribution in [2.45, 2.75) is 13.1 Å². The van der Waals surface area contributed by atoms with E-state index in [1.165, 1.54) is 0 Å². The fourth-order valence-electron chi connectivity index (χ4n) is 2.20. The predicted octanol–water partition coefficient (Wildman–Crippen LogP) is 3.76. The standard InChI is InChI=1S/C17H20BrNO3/c1-20-15-6-12(7-16(9-15)21-2)10-19-11-13-8-14(18)4-5-17(13)22-3/h4-9,19H,10-11H2,1-3H3. The van der Waals surface area contributed by atoms with Crippen molar-refractivity contribution in [1.82, 2.24) is 5.32 Å². The van der Waals surface area contributed by atoms with Crippen molar-refractivity contribution >= 4 is 15.9 Å². The maximum absolute atomic E-state index is 5.38. The Morgan fingerprint density at radius 1 is 0.864 bits per heavy atom. The van der Waals surface area contributed by atoms with E-state index >= 15 is 0 Å². The van der Waals surface area contributed by atoms with Crippen LogP contribution in [0, 0.1) is 0 Å². The van der Waals surface area contributed by atoms with Gasteiger partial charge in [-0.3, -0.25) is 0 Å². The third-order valence-electron chi connectivity index (χ3n) is 3.30. The lowest BCUT2D eigenvalue weighted by Crippen LogP contribution is -2.13. The lowest BCUT2D eigenvalue weighted by Gasteiger charge is -2.12. The quantitative estimate of drug-likeness (QED) is 0.810. The maximum Gasteiger partial charge on any atom is 0.123 e. The Kier molecular flexibility index (Phi) is 6.10. The number of ether oxygens (including phenoxy) is 3. The zero-order valence-electron chi connectivity index (χ0n) is 13.0. The maximum atomic E-state index is 5.38. The normalized spacial score (nSPS) is 10.4. The van der Waals surface area contributed by atoms with Crippen molar-refractivity contribution in [3.63, 3.8) is 0 Å². The molecule has 22 heavy (non-hydrogen) atoms. The average Bonchev–Trinajstić information content (AvgIpc) is 2.54. The van der Waals surface area contributed by atoms with Gasteiger partial charge in [0.05, 0.1) is 21.3 Å². The van der Waals surface area contributed by atoms with Crippen molar-refractivity contribution in [3.05, 3.63) is 52.0 Å². The van der Waals surface area contributed by atoms with Gasteiger partial charge in [-0.2, -0.15) is 0 Å². The minimum atomic E-state index is 0.710. The summed E-state index contributed by atoms with van der Waals surface area (Å²) in [5.74, 6) is 2.45. The fourth-order valence-corrected chi connectivity index (χ4v) is 2.60. The number of hydrogen-bond acceptors (Lipinski definition) is 4. The van der Waals surface area contributed by atoms with Crippen LogP contribution in [0.15, 0.2) is 40.9 Å². The summed E-state index contributed by atoms with van der Waals surface area (Å²) >= 11 is 3.48. The fraction of sp³-hybridized carbons (Fsp3) is 0.294. The molecule has 118 valence electrons. The molecule has 0 aliphatic carbocycles. The van der Waals surface area contributed by atoms with Gasteiger partial charge in [0.15, 0.2) is 0 Å². The molecule has 2 rings (SSSR count). The molecule has 0 amide bonds. The predicted molar refractivity (Wildman–Crippen MR) is 90.8 cm³/mol. The molecule has 0 saturated heterocycles. The zero-order valence-corrected chi connectivity index (χ0v) is 14.6. The molecule has 0 aliphatic rings. The average molecular weight is 366 g/mol. The van der Waals surface area contributed by atoms with Gasteiger partial charge >= 0.3 is 0 Å². The SMILES string of the molecule is COc1cc(CNCc2cc(Br)ccc2OC)cc(OC)c1. The largest absolute Gasteiger partial charge is 0.497 e. The van der Waals surface area contributed by atoms with E-state index in [4.69, 9.17) is 14.2 Å². The van der Waals surface area contributed by atoms with Crippen LogP contribution in [-0.4, -0.2) is 21.3 Å². The number of hydrogen-bond donors (Lipinski definition) is 1. The number of benzene rings is 2. The van der Waals surface area contributed by atoms with Crippen LogP contribution < -0.4 is 19.5 Å². The number of halogens is 1. The Balaban J connectivity index is 2.03. The first-order valence-corrected chi connectivity index (χ1v) is 7.70. The highest BCUT2D eigenvalue weighted by Crippen LogP contribution is 2.24. The Hall–Kier alpha value is -1.72. The van der Waals surface area contributed by atoms with Gasteiger partial charge in [0.1, 0.15) is 17.2 Å². The lowest BCUT2D eigenvalue weighted by molar-refractivity contribution is 0.393. The molecule has 4 nitrogen and oxygen atoms in total. The van der Waals surface area contributed by atoms with E-state index in [1.807, 2.05) is 30.3 Å². The molecular weight excluding hydrogens is 346 g/mol. The van der Waals surface area contributed by atoms with E-state index < -0.39 is 0 Å². The zero-order chi connectivity index (χ0) is 15.9. The topological polar surface area (TPSA) is 39.7 Å². The highest BCUT2D eigenvalue weighted by molar-refractivity contribution is 9.10. The van der Waals surface area contributed by atoms with E-state index in [1.54, 1.807) is 21.3 Å². The Bertz CT molecular complexity index is 609. The third kappa shape index (κ3) is 4.39. The molecule has 0 bridgehead atoms. The van der Waals surface area contributed by atoms with Gasteiger partial charge in [-0.1, -0.05) is 15.9 Å². The van der Waals surface area contributed by atoms with E-state index in [0.29, 0.717) is 13.1 Å². The molecule has 0 fully saturated rings. The lowest BCUT2D eigenvalue weighted by atomic mass is 10.1. The highest BCUT2D eigenvalue weighted by atomic mass is 79.9. The second-order valence-electron chi connectivity index (χ2n) is 4.78. The van der Waals surface area contributed by atoms with Crippen LogP contribution in [0.25, 0.3) is 0 Å². The molecule has 0 saturated carbocycles. The first-order valence-electron chi connectivity index (χ1n) is 6.91. The Morgan fingerprint density at radius 2 is 1.55 bits per heavy atom. The van der Waals surface area contributed by atoms with Gasteiger partial charge in [0.2, 0.25) is 0 Å². The van der Waals surface area contributed by atoms with Crippen molar-refractivity contribution in [2.24, 2.45) is 0 Å². The van der Waals surface area contributed by atoms with Gasteiger partial charge in [-0.15, -0.1) is 0 Å². The molecule has 0 spiro atoms. The number of methoxy groups -OCH3 is 3. The van der Waals surface area contributed by atoms with E-state index in [9.17, 15) is 0 Å². The van der Waals surface area contributed by atoms with Crippen LogP contribution in [0.3, 0.4) is 0 Å². The molecule has 0 atom stereocenters. The number of nitrogens with one attached hydrogen (secondary N) is 1. The highest BCUT2D eigenvalue weighted by Gasteiger charge is 2.05. The molecule has 0 unspecified atom stereocenters. The van der Waals surface area contributed by atoms with Gasteiger partial charge in [-0.05, 0) is 35.9 Å². The summed E-state index contributed by atoms with van der Waals surface area (Å²) in [5, 5.41) is 3.41. The molecule has 0 radical (unpaired) electrons. The summed E-state index contributed by atoms with van der Waals surface area (Å²) < 4.78 is 17.0. The van der Waals surface area contributed by atoms with Crippen LogP contribution in [0.2, 0.25) is 0 Å². The van der Waals surface area contributed by atoms with Crippen LogP contribution in [-0.2, 0) is 13.1 Å². The summed E-state index contributed by atoms with van der Waals surface area (Å²) in [6, 6.07) is 11.8. The van der Waals surface area contributed by atoms with Gasteiger partial charge in [-0.25, -0.2) is 0 Å². The van der Waals surface area contributed by atoms with Gasteiger partial charge < -0.3 is 19.5 Å². The summed E-state index contributed by atoms with van der Waals surface area (Å²) in [7, 11) is 4.98. The summed E-state index contributed by atoms with van der Waals surface area (Å²) in [5.41, 5.74) is 2.21. The Labute approximate surface area is 139 Å². The Morgan fingerprint density at radius 3 is 2.14 bits per heavy atom. The van der Waals surface area contributed by atoms with Gasteiger partial charge in [0.25, 0.3) is 0 Å². The molecule has 2 aromatic carbocycles. The number of rotatable bonds is 7. The molecule has 0 aliphatic heterocycles. The van der Waals surface area contributed by atoms with E-state index in [0.717, 1.165) is 32.8 Å². The van der Waals surface area contributed by atoms with Crippen LogP contribution >= 0.6 is 15.9 Å². The molecule has 5 heteroatoms. The van der Waals surface area contributed by atoms with Crippen LogP contribution in [0.4, 0.5) is 0 Å². The molecule has 2 aromatic rings. The summed E-state index contributed by atoms with van der Waals surface area (Å²) in [4.78, 5) is 0. The van der Waals surface area contributed by atoms with E-state index in [-0.39, 0.29) is 0 Å². The summed E-state index contributed by atoms with van der Waals surface area (Å²) in [6.07, 6.45) is 0. The monoisotopic (exact) mass is 365 g/mol. The first kappa shape index (κ1) is 16.6. The van der Waals surface area contributed by atoms with Crippen molar-refractivity contribution in [1.29, 1.82) is 0 Å². The third-order valence-corrected chi connectivity index (χ3v) is 3.79. The van der Waals surface area contributed by atoms with Crippen LogP contribution in [0.1, 0.15) is 11.1 Å². The van der Waals surface area contributed by atoms with Crippen molar-refractivity contribution < 1.29 is 14.2 Å².